The highest BCUT2D eigenvalue weighted by molar-refractivity contribution is 6.05. The smallest absolute Gasteiger partial charge is 0.327 e. The highest BCUT2D eigenvalue weighted by Crippen LogP contribution is 2.40. The normalized spacial score (nSPS) is 18.7. The lowest BCUT2D eigenvalue weighted by molar-refractivity contribution is -0.138. The molecular formula is C28H43N3O4. The van der Waals surface area contributed by atoms with E-state index in [4.69, 9.17) is 14.5 Å². The Morgan fingerprint density at radius 3 is 2.63 bits per heavy atom. The Morgan fingerprint density at radius 1 is 1.17 bits per heavy atom. The molecule has 1 aromatic rings. The number of carbonyl (C=O) groups excluding carboxylic acids is 1. The lowest BCUT2D eigenvalue weighted by Crippen LogP contribution is -2.42. The van der Waals surface area contributed by atoms with Gasteiger partial charge in [0.1, 0.15) is 12.1 Å². The fourth-order valence-corrected chi connectivity index (χ4v) is 5.10. The molecule has 1 fully saturated rings. The van der Waals surface area contributed by atoms with Crippen LogP contribution < -0.4 is 0 Å². The molecule has 0 bridgehead atoms. The molecule has 1 aromatic carbocycles. The van der Waals surface area contributed by atoms with Crippen molar-refractivity contribution >= 4 is 17.8 Å². The summed E-state index contributed by atoms with van der Waals surface area (Å²) in [4.78, 5) is 24.0. The van der Waals surface area contributed by atoms with E-state index in [1.165, 1.54) is 31.9 Å². The summed E-state index contributed by atoms with van der Waals surface area (Å²) in [6.45, 7) is 4.05. The fraction of sp³-hybridized carbons (Fsp3) is 0.679. The van der Waals surface area contributed by atoms with Crippen molar-refractivity contribution in [2.75, 3.05) is 26.8 Å². The van der Waals surface area contributed by atoms with Gasteiger partial charge in [0.25, 0.3) is 0 Å². The van der Waals surface area contributed by atoms with Gasteiger partial charge in [-0.3, -0.25) is 9.69 Å². The molecule has 0 radical (unpaired) electrons. The van der Waals surface area contributed by atoms with Crippen LogP contribution in [0.1, 0.15) is 83.1 Å². The van der Waals surface area contributed by atoms with Gasteiger partial charge in [-0.1, -0.05) is 75.8 Å². The van der Waals surface area contributed by atoms with Crippen LogP contribution in [0, 0.1) is 0 Å². The molecule has 1 spiro atoms. The second kappa shape index (κ2) is 14.3. The van der Waals surface area contributed by atoms with E-state index in [-0.39, 0.29) is 25.2 Å². The molecule has 1 aliphatic carbocycles. The summed E-state index contributed by atoms with van der Waals surface area (Å²) < 4.78 is 11.2. The number of carbonyl (C=O) groups is 1. The van der Waals surface area contributed by atoms with E-state index in [1.807, 2.05) is 6.07 Å². The third-order valence-corrected chi connectivity index (χ3v) is 7.07. The minimum atomic E-state index is -0.436. The van der Waals surface area contributed by atoms with Crippen molar-refractivity contribution < 1.29 is 19.4 Å². The first kappa shape index (κ1) is 27.3. The second-order valence-corrected chi connectivity index (χ2v) is 9.74. The minimum absolute atomic E-state index is 0.0362. The summed E-state index contributed by atoms with van der Waals surface area (Å²) in [6.07, 6.45) is 11.3. The van der Waals surface area contributed by atoms with E-state index < -0.39 is 5.54 Å². The first-order chi connectivity index (χ1) is 17.1. The zero-order valence-electron chi connectivity index (χ0n) is 21.6. The van der Waals surface area contributed by atoms with Gasteiger partial charge in [0.2, 0.25) is 11.8 Å². The highest BCUT2D eigenvalue weighted by Gasteiger charge is 2.47. The zero-order chi connectivity index (χ0) is 24.9. The molecule has 0 aromatic heterocycles. The maximum atomic E-state index is 11.8. The lowest BCUT2D eigenvalue weighted by atomic mass is 9.99. The number of methoxy groups -OCH3 is 1. The predicted molar refractivity (Wildman–Crippen MR) is 140 cm³/mol. The molecule has 194 valence electrons. The Kier molecular flexibility index (Phi) is 11.2. The van der Waals surface area contributed by atoms with Crippen molar-refractivity contribution in [2.24, 2.45) is 9.98 Å². The Hall–Kier alpha value is -2.25. The Bertz CT molecular complexity index is 834. The van der Waals surface area contributed by atoms with Crippen LogP contribution in [0.25, 0.3) is 0 Å². The van der Waals surface area contributed by atoms with Crippen molar-refractivity contribution in [1.82, 2.24) is 4.90 Å². The molecule has 2 aliphatic rings. The van der Waals surface area contributed by atoms with E-state index in [1.54, 1.807) is 0 Å². The summed E-state index contributed by atoms with van der Waals surface area (Å²) in [5, 5.41) is 9.40. The lowest BCUT2D eigenvalue weighted by Gasteiger charge is -2.31. The SMILES string of the molecule is CCCCCCC(C1=NC2(CCCC2)C(=NCC(=O)OC)O1)N(CCCCO)Cc1ccccc1. The zero-order valence-corrected chi connectivity index (χ0v) is 21.6. The summed E-state index contributed by atoms with van der Waals surface area (Å²) in [6, 6.07) is 10.5. The van der Waals surface area contributed by atoms with Crippen molar-refractivity contribution in [3.63, 3.8) is 0 Å². The molecular weight excluding hydrogens is 442 g/mol. The molecule has 3 rings (SSSR count). The number of esters is 1. The van der Waals surface area contributed by atoms with Crippen LogP contribution in [-0.2, 0) is 20.8 Å². The molecule has 1 N–H and O–H groups in total. The van der Waals surface area contributed by atoms with E-state index in [0.717, 1.165) is 70.4 Å². The topological polar surface area (TPSA) is 83.7 Å². The molecule has 0 saturated heterocycles. The minimum Gasteiger partial charge on any atom is -0.468 e. The van der Waals surface area contributed by atoms with Gasteiger partial charge in [-0.05, 0) is 44.2 Å². The summed E-state index contributed by atoms with van der Waals surface area (Å²) in [7, 11) is 1.38. The number of hydrogen-bond donors (Lipinski definition) is 1. The molecule has 1 unspecified atom stereocenters. The summed E-state index contributed by atoms with van der Waals surface area (Å²) in [5.74, 6) is 0.962. The van der Waals surface area contributed by atoms with Gasteiger partial charge >= 0.3 is 5.97 Å². The van der Waals surface area contributed by atoms with E-state index >= 15 is 0 Å². The first-order valence-corrected chi connectivity index (χ1v) is 13.4. The number of ether oxygens (including phenoxy) is 2. The summed E-state index contributed by atoms with van der Waals surface area (Å²) in [5.41, 5.74) is 0.818. The molecule has 35 heavy (non-hydrogen) atoms. The monoisotopic (exact) mass is 485 g/mol. The van der Waals surface area contributed by atoms with Crippen LogP contribution in [0.5, 0.6) is 0 Å². The molecule has 0 amide bonds. The number of hydrogen-bond acceptors (Lipinski definition) is 7. The van der Waals surface area contributed by atoms with Gasteiger partial charge in [-0.15, -0.1) is 0 Å². The van der Waals surface area contributed by atoms with Crippen molar-refractivity contribution in [3.05, 3.63) is 35.9 Å². The van der Waals surface area contributed by atoms with Gasteiger partial charge in [-0.2, -0.15) is 0 Å². The van der Waals surface area contributed by atoms with Gasteiger partial charge in [0.15, 0.2) is 0 Å². The number of aliphatic hydroxyl groups is 1. The maximum absolute atomic E-state index is 11.8. The van der Waals surface area contributed by atoms with Crippen LogP contribution in [0.3, 0.4) is 0 Å². The van der Waals surface area contributed by atoms with Crippen LogP contribution >= 0.6 is 0 Å². The highest BCUT2D eigenvalue weighted by atomic mass is 16.5. The second-order valence-electron chi connectivity index (χ2n) is 9.74. The number of aliphatic hydroxyl groups excluding tert-OH is 1. The number of benzene rings is 1. The van der Waals surface area contributed by atoms with Crippen LogP contribution in [0.4, 0.5) is 0 Å². The Labute approximate surface area is 210 Å². The Balaban J connectivity index is 1.88. The Morgan fingerprint density at radius 2 is 1.94 bits per heavy atom. The maximum Gasteiger partial charge on any atom is 0.327 e. The average Bonchev–Trinajstić information content (AvgIpc) is 3.50. The molecule has 1 heterocycles. The van der Waals surface area contributed by atoms with Crippen molar-refractivity contribution in [2.45, 2.75) is 95.7 Å². The number of unbranched alkanes of at least 4 members (excludes halogenated alkanes) is 4. The number of aliphatic imine (C=N–C) groups is 2. The van der Waals surface area contributed by atoms with Crippen LogP contribution in [0.2, 0.25) is 0 Å². The van der Waals surface area contributed by atoms with Crippen LogP contribution in [0.15, 0.2) is 40.3 Å². The first-order valence-electron chi connectivity index (χ1n) is 13.4. The average molecular weight is 486 g/mol. The molecule has 7 nitrogen and oxygen atoms in total. The van der Waals surface area contributed by atoms with E-state index in [0.29, 0.717) is 5.90 Å². The van der Waals surface area contributed by atoms with E-state index in [9.17, 15) is 9.90 Å². The molecule has 1 saturated carbocycles. The summed E-state index contributed by atoms with van der Waals surface area (Å²) >= 11 is 0. The fourth-order valence-electron chi connectivity index (χ4n) is 5.10. The van der Waals surface area contributed by atoms with Gasteiger partial charge in [0, 0.05) is 13.2 Å². The molecule has 7 heteroatoms. The number of nitrogens with zero attached hydrogens (tertiary/aromatic N) is 3. The third kappa shape index (κ3) is 7.87. The van der Waals surface area contributed by atoms with E-state index in [2.05, 4.69) is 41.1 Å². The predicted octanol–water partition coefficient (Wildman–Crippen LogP) is 4.91. The van der Waals surface area contributed by atoms with Gasteiger partial charge in [-0.25, -0.2) is 9.98 Å². The largest absolute Gasteiger partial charge is 0.468 e. The van der Waals surface area contributed by atoms with Crippen LogP contribution in [-0.4, -0.2) is 66.2 Å². The quantitative estimate of drug-likeness (QED) is 0.282. The molecule has 1 atom stereocenters. The van der Waals surface area contributed by atoms with Crippen molar-refractivity contribution in [1.29, 1.82) is 0 Å². The third-order valence-electron chi connectivity index (χ3n) is 7.07. The van der Waals surface area contributed by atoms with Gasteiger partial charge in [0.05, 0.1) is 13.2 Å². The number of rotatable bonds is 15. The van der Waals surface area contributed by atoms with Crippen molar-refractivity contribution in [3.8, 4) is 0 Å². The standard InChI is InChI=1S/C28H43N3O4/c1-3-4-5-9-16-24(31(19-12-13-20-32)22-23-14-7-6-8-15-23)26-30-28(17-10-11-18-28)27(35-26)29-21-25(33)34-2/h6-8,14-15,24,32H,3-5,9-13,16-22H2,1-2H3. The molecule has 1 aliphatic heterocycles. The van der Waals surface area contributed by atoms with Gasteiger partial charge < -0.3 is 14.6 Å².